The zero-order valence-corrected chi connectivity index (χ0v) is 15.5. The molecule has 0 aliphatic rings. The van der Waals surface area contributed by atoms with Crippen LogP contribution in [0.4, 0.5) is 0 Å². The molecular weight excluding hydrogens is 294 g/mol. The minimum Gasteiger partial charge on any atom is -0.465 e. The average molecular weight is 329 g/mol. The predicted molar refractivity (Wildman–Crippen MR) is 92.1 cm³/mol. The number of carbonyl (C=O) groups excluding carboxylic acids is 2. The van der Waals surface area contributed by atoms with Crippen molar-refractivity contribution in [3.8, 4) is 0 Å². The number of hydrogen-bond acceptors (Lipinski definition) is 5. The molecule has 0 fully saturated rings. The van der Waals surface area contributed by atoms with Gasteiger partial charge in [0, 0.05) is 13.1 Å². The van der Waals surface area contributed by atoms with Gasteiger partial charge in [-0.15, -0.1) is 0 Å². The molecule has 0 spiro atoms. The molecule has 0 saturated carbocycles. The van der Waals surface area contributed by atoms with Crippen LogP contribution >= 0.6 is 0 Å². The quantitative estimate of drug-likeness (QED) is 0.415. The van der Waals surface area contributed by atoms with Gasteiger partial charge in [0.25, 0.3) is 0 Å². The Morgan fingerprint density at radius 3 is 1.78 bits per heavy atom. The number of esters is 2. The van der Waals surface area contributed by atoms with Crippen LogP contribution in [0.1, 0.15) is 60.3 Å². The fourth-order valence-corrected chi connectivity index (χ4v) is 2.11. The maximum atomic E-state index is 11.6. The summed E-state index contributed by atoms with van der Waals surface area (Å²) in [5, 5.41) is 3.07. The van der Waals surface area contributed by atoms with Crippen molar-refractivity contribution in [3.05, 3.63) is 0 Å². The summed E-state index contributed by atoms with van der Waals surface area (Å²) < 4.78 is 10.4. The molecule has 0 amide bonds. The molecule has 0 rings (SSSR count). The highest BCUT2D eigenvalue weighted by atomic mass is 16.5. The van der Waals surface area contributed by atoms with Gasteiger partial charge in [-0.3, -0.25) is 9.59 Å². The van der Waals surface area contributed by atoms with Crippen LogP contribution in [0.2, 0.25) is 0 Å². The van der Waals surface area contributed by atoms with Crippen LogP contribution < -0.4 is 5.32 Å². The van der Waals surface area contributed by atoms with Crippen LogP contribution in [0.3, 0.4) is 0 Å². The molecule has 0 aromatic carbocycles. The Labute approximate surface area is 141 Å². The van der Waals surface area contributed by atoms with E-state index in [0.29, 0.717) is 56.9 Å². The first-order valence-corrected chi connectivity index (χ1v) is 8.87. The maximum absolute atomic E-state index is 11.6. The average Bonchev–Trinajstić information content (AvgIpc) is 2.49. The van der Waals surface area contributed by atoms with Crippen molar-refractivity contribution < 1.29 is 19.1 Å². The Hall–Kier alpha value is -1.10. The van der Waals surface area contributed by atoms with Gasteiger partial charge in [-0.2, -0.15) is 0 Å². The van der Waals surface area contributed by atoms with Gasteiger partial charge in [0.15, 0.2) is 0 Å². The minimum absolute atomic E-state index is 0.188. The van der Waals surface area contributed by atoms with Crippen LogP contribution in [0.5, 0.6) is 0 Å². The third-order valence-electron chi connectivity index (χ3n) is 3.64. The summed E-state index contributed by atoms with van der Waals surface area (Å²) >= 11 is 0. The molecule has 0 aliphatic heterocycles. The highest BCUT2D eigenvalue weighted by Gasteiger charge is 2.09. The summed E-state index contributed by atoms with van der Waals surface area (Å²) in [7, 11) is 0. The molecule has 0 aliphatic carbocycles. The number of hydrogen-bond donors (Lipinski definition) is 1. The molecule has 0 heterocycles. The standard InChI is InChI=1S/C18H35NO4/c1-6-15(4)12-22-17(20)7-9-19-10-8-18(21)23-13-16(5)11-14(2)3/h14-16,19H,6-13H2,1-5H3. The van der Waals surface area contributed by atoms with Crippen molar-refractivity contribution in [2.45, 2.75) is 60.3 Å². The first-order valence-electron chi connectivity index (χ1n) is 8.87. The number of nitrogens with one attached hydrogen (secondary N) is 1. The second-order valence-corrected chi connectivity index (χ2v) is 6.86. The highest BCUT2D eigenvalue weighted by Crippen LogP contribution is 2.11. The number of ether oxygens (including phenoxy) is 2. The van der Waals surface area contributed by atoms with E-state index < -0.39 is 0 Å². The molecular formula is C18H35NO4. The van der Waals surface area contributed by atoms with E-state index in [1.807, 2.05) is 0 Å². The summed E-state index contributed by atoms with van der Waals surface area (Å²) in [5.41, 5.74) is 0. The van der Waals surface area contributed by atoms with E-state index in [4.69, 9.17) is 9.47 Å². The second-order valence-electron chi connectivity index (χ2n) is 6.86. The van der Waals surface area contributed by atoms with E-state index in [1.54, 1.807) is 0 Å². The molecule has 136 valence electrons. The fraction of sp³-hybridized carbons (Fsp3) is 0.889. The zero-order valence-electron chi connectivity index (χ0n) is 15.5. The first kappa shape index (κ1) is 21.9. The minimum atomic E-state index is -0.192. The van der Waals surface area contributed by atoms with Crippen LogP contribution in [0.25, 0.3) is 0 Å². The largest absolute Gasteiger partial charge is 0.465 e. The van der Waals surface area contributed by atoms with Gasteiger partial charge in [-0.05, 0) is 24.2 Å². The van der Waals surface area contributed by atoms with E-state index in [2.05, 4.69) is 39.9 Å². The summed E-state index contributed by atoms with van der Waals surface area (Å²) in [4.78, 5) is 23.1. The predicted octanol–water partition coefficient (Wildman–Crippen LogP) is 3.17. The lowest BCUT2D eigenvalue weighted by molar-refractivity contribution is -0.145. The second kappa shape index (κ2) is 13.3. The number of rotatable bonds is 13. The SMILES string of the molecule is CCC(C)COC(=O)CCNCCC(=O)OCC(C)CC(C)C. The van der Waals surface area contributed by atoms with Crippen molar-refractivity contribution in [3.63, 3.8) is 0 Å². The highest BCUT2D eigenvalue weighted by molar-refractivity contribution is 5.70. The zero-order chi connectivity index (χ0) is 17.7. The Morgan fingerprint density at radius 2 is 1.35 bits per heavy atom. The van der Waals surface area contributed by atoms with Crippen LogP contribution in [0.15, 0.2) is 0 Å². The lowest BCUT2D eigenvalue weighted by Crippen LogP contribution is -2.24. The van der Waals surface area contributed by atoms with E-state index in [-0.39, 0.29) is 11.9 Å². The van der Waals surface area contributed by atoms with Gasteiger partial charge < -0.3 is 14.8 Å². The molecule has 23 heavy (non-hydrogen) atoms. The normalized spacial score (nSPS) is 13.7. The van der Waals surface area contributed by atoms with Gasteiger partial charge in [0.1, 0.15) is 0 Å². The van der Waals surface area contributed by atoms with Gasteiger partial charge >= 0.3 is 11.9 Å². The first-order chi connectivity index (χ1) is 10.8. The topological polar surface area (TPSA) is 64.6 Å². The molecule has 2 unspecified atom stereocenters. The summed E-state index contributed by atoms with van der Waals surface area (Å²) in [6.07, 6.45) is 2.72. The molecule has 0 saturated heterocycles. The van der Waals surface area contributed by atoms with Crippen molar-refractivity contribution in [2.75, 3.05) is 26.3 Å². The Balaban J connectivity index is 3.53. The van der Waals surface area contributed by atoms with Gasteiger partial charge in [0.05, 0.1) is 26.1 Å². The monoisotopic (exact) mass is 329 g/mol. The summed E-state index contributed by atoms with van der Waals surface area (Å²) in [6, 6.07) is 0. The fourth-order valence-electron chi connectivity index (χ4n) is 2.11. The van der Waals surface area contributed by atoms with E-state index in [1.165, 1.54) is 0 Å². The summed E-state index contributed by atoms with van der Waals surface area (Å²) in [5.74, 6) is 1.03. The molecule has 2 atom stereocenters. The van der Waals surface area contributed by atoms with Gasteiger partial charge in [-0.1, -0.05) is 41.0 Å². The smallest absolute Gasteiger partial charge is 0.307 e. The van der Waals surface area contributed by atoms with Crippen LogP contribution in [0, 0.1) is 17.8 Å². The molecule has 5 heteroatoms. The third kappa shape index (κ3) is 14.2. The molecule has 0 bridgehead atoms. The summed E-state index contributed by atoms with van der Waals surface area (Å²) in [6.45, 7) is 12.6. The molecule has 0 aromatic rings. The Bertz CT molecular complexity index is 331. The van der Waals surface area contributed by atoms with Crippen molar-refractivity contribution in [1.29, 1.82) is 0 Å². The van der Waals surface area contributed by atoms with Crippen molar-refractivity contribution in [2.24, 2.45) is 17.8 Å². The van der Waals surface area contributed by atoms with E-state index in [0.717, 1.165) is 12.8 Å². The van der Waals surface area contributed by atoms with E-state index >= 15 is 0 Å². The molecule has 1 N–H and O–H groups in total. The lowest BCUT2D eigenvalue weighted by Gasteiger charge is -2.14. The molecule has 0 radical (unpaired) electrons. The van der Waals surface area contributed by atoms with Crippen molar-refractivity contribution >= 4 is 11.9 Å². The van der Waals surface area contributed by atoms with E-state index in [9.17, 15) is 9.59 Å². The van der Waals surface area contributed by atoms with Gasteiger partial charge in [-0.25, -0.2) is 0 Å². The Kier molecular flexibility index (Phi) is 12.7. The van der Waals surface area contributed by atoms with Crippen LogP contribution in [-0.4, -0.2) is 38.2 Å². The molecule has 5 nitrogen and oxygen atoms in total. The van der Waals surface area contributed by atoms with Gasteiger partial charge in [0.2, 0.25) is 0 Å². The lowest BCUT2D eigenvalue weighted by atomic mass is 10.00. The Morgan fingerprint density at radius 1 is 0.870 bits per heavy atom. The maximum Gasteiger partial charge on any atom is 0.307 e. The third-order valence-corrected chi connectivity index (χ3v) is 3.64. The van der Waals surface area contributed by atoms with Crippen LogP contribution in [-0.2, 0) is 19.1 Å². The van der Waals surface area contributed by atoms with Crippen molar-refractivity contribution in [1.82, 2.24) is 5.32 Å². The number of carbonyl (C=O) groups is 2. The molecule has 0 aromatic heterocycles.